The molecule has 1 N–H and O–H groups in total. The van der Waals surface area contributed by atoms with E-state index in [1.807, 2.05) is 28.9 Å². The molecule has 0 spiro atoms. The molecule has 2 saturated heterocycles. The predicted octanol–water partition coefficient (Wildman–Crippen LogP) is 1.52. The van der Waals surface area contributed by atoms with Crippen molar-refractivity contribution in [2.75, 3.05) is 26.2 Å². The lowest BCUT2D eigenvalue weighted by atomic mass is 9.79. The minimum atomic E-state index is 0.130. The lowest BCUT2D eigenvalue weighted by molar-refractivity contribution is 0.0643. The number of aryl methyl sites for hydroxylation is 1. The van der Waals surface area contributed by atoms with Crippen LogP contribution in [0.25, 0.3) is 5.65 Å². The Morgan fingerprint density at radius 2 is 1.83 bits per heavy atom. The zero-order valence-corrected chi connectivity index (χ0v) is 13.7. The Balaban J connectivity index is 1.43. The molecule has 6 heteroatoms. The summed E-state index contributed by atoms with van der Waals surface area (Å²) in [5.74, 6) is 1.78. The second-order valence-electron chi connectivity index (χ2n) is 6.95. The third-order valence-corrected chi connectivity index (χ3v) is 5.64. The highest BCUT2D eigenvalue weighted by atomic mass is 16.2. The van der Waals surface area contributed by atoms with Gasteiger partial charge in [-0.3, -0.25) is 4.79 Å². The number of hydrogen-bond donors (Lipinski definition) is 1. The maximum Gasteiger partial charge on any atom is 0.259 e. The lowest BCUT2D eigenvalue weighted by Gasteiger charge is -2.37. The van der Waals surface area contributed by atoms with E-state index in [0.29, 0.717) is 0 Å². The van der Waals surface area contributed by atoms with E-state index in [1.54, 1.807) is 10.7 Å². The number of aromatic nitrogens is 3. The van der Waals surface area contributed by atoms with E-state index >= 15 is 0 Å². The van der Waals surface area contributed by atoms with Crippen molar-refractivity contribution in [2.45, 2.75) is 25.7 Å². The number of rotatable bonds is 2. The number of imidazole rings is 1. The smallest absolute Gasteiger partial charge is 0.259 e. The molecule has 0 unspecified atom stereocenters. The number of likely N-dealkylation sites (tertiary alicyclic amines) is 1. The van der Waals surface area contributed by atoms with Gasteiger partial charge in [0.2, 0.25) is 0 Å². The van der Waals surface area contributed by atoms with Crippen LogP contribution in [0.4, 0.5) is 0 Å². The maximum atomic E-state index is 12.9. The zero-order valence-electron chi connectivity index (χ0n) is 13.7. The molecule has 2 aromatic rings. The quantitative estimate of drug-likeness (QED) is 0.914. The largest absolute Gasteiger partial charge is 0.338 e. The fourth-order valence-electron chi connectivity index (χ4n) is 4.26. The molecule has 0 aliphatic carbocycles. The van der Waals surface area contributed by atoms with Gasteiger partial charge < -0.3 is 14.8 Å². The Morgan fingerprint density at radius 1 is 1.13 bits per heavy atom. The van der Waals surface area contributed by atoms with Crippen LogP contribution >= 0.6 is 0 Å². The number of piperidine rings is 2. The van der Waals surface area contributed by atoms with Gasteiger partial charge >= 0.3 is 0 Å². The first kappa shape index (κ1) is 14.8. The molecule has 2 aromatic heterocycles. The van der Waals surface area contributed by atoms with Gasteiger partial charge in [0.15, 0.2) is 0 Å². The number of carbonyl (C=O) groups is 1. The molecule has 0 aromatic carbocycles. The minimum Gasteiger partial charge on any atom is -0.338 e. The first-order valence-electron chi connectivity index (χ1n) is 8.72. The molecule has 0 saturated carbocycles. The maximum absolute atomic E-state index is 12.9. The van der Waals surface area contributed by atoms with Crippen molar-refractivity contribution in [1.82, 2.24) is 24.4 Å². The van der Waals surface area contributed by atoms with Crippen LogP contribution in [0.3, 0.4) is 0 Å². The van der Waals surface area contributed by atoms with Crippen molar-refractivity contribution in [2.24, 2.45) is 18.9 Å². The second kappa shape index (κ2) is 6.00. The van der Waals surface area contributed by atoms with Gasteiger partial charge in [-0.05, 0) is 50.6 Å². The Hall–Kier alpha value is -1.82. The van der Waals surface area contributed by atoms with E-state index in [2.05, 4.69) is 10.4 Å². The average molecular weight is 315 g/mol. The van der Waals surface area contributed by atoms with Crippen LogP contribution in [0, 0.1) is 11.8 Å². The Labute approximate surface area is 136 Å². The predicted molar refractivity (Wildman–Crippen MR) is 88.4 cm³/mol. The van der Waals surface area contributed by atoms with Crippen LogP contribution in [0.2, 0.25) is 0 Å². The van der Waals surface area contributed by atoms with Crippen molar-refractivity contribution in [1.29, 1.82) is 0 Å². The topological polar surface area (TPSA) is 54.6 Å². The number of fused-ring (bicyclic) bond motifs is 1. The molecule has 0 atom stereocenters. The van der Waals surface area contributed by atoms with E-state index in [9.17, 15) is 4.79 Å². The first-order chi connectivity index (χ1) is 11.2. The van der Waals surface area contributed by atoms with Gasteiger partial charge in [0.25, 0.3) is 5.91 Å². The molecule has 124 valence electrons. The van der Waals surface area contributed by atoms with Crippen molar-refractivity contribution in [3.05, 3.63) is 24.2 Å². The summed E-state index contributed by atoms with van der Waals surface area (Å²) in [6, 6.07) is 0. The molecule has 2 fully saturated rings. The van der Waals surface area contributed by atoms with E-state index < -0.39 is 0 Å². The van der Waals surface area contributed by atoms with Gasteiger partial charge in [0, 0.05) is 32.5 Å². The highest BCUT2D eigenvalue weighted by Gasteiger charge is 2.30. The summed E-state index contributed by atoms with van der Waals surface area (Å²) < 4.78 is 3.73. The molecule has 1 amide bonds. The molecule has 4 heterocycles. The van der Waals surface area contributed by atoms with Gasteiger partial charge in [-0.1, -0.05) is 0 Å². The number of hydrogen-bond acceptors (Lipinski definition) is 3. The van der Waals surface area contributed by atoms with Crippen LogP contribution in [-0.2, 0) is 7.05 Å². The standard InChI is InChI=1S/C17H25N5O/c1-20-10-11-22-16(20)15(12-19-22)17(23)21-8-4-14(5-9-21)13-2-6-18-7-3-13/h10-14,18H,2-9H2,1H3. The van der Waals surface area contributed by atoms with Crippen molar-refractivity contribution in [3.8, 4) is 0 Å². The van der Waals surface area contributed by atoms with E-state index in [1.165, 1.54) is 12.8 Å². The normalized spacial score (nSPS) is 21.2. The Bertz CT molecular complexity index is 689. The van der Waals surface area contributed by atoms with E-state index in [4.69, 9.17) is 0 Å². The minimum absolute atomic E-state index is 0.130. The summed E-state index contributed by atoms with van der Waals surface area (Å²) in [5, 5.41) is 7.73. The van der Waals surface area contributed by atoms with Crippen molar-refractivity contribution in [3.63, 3.8) is 0 Å². The fourth-order valence-corrected chi connectivity index (χ4v) is 4.26. The molecular weight excluding hydrogens is 290 g/mol. The van der Waals surface area contributed by atoms with Crippen molar-refractivity contribution < 1.29 is 4.79 Å². The molecule has 0 radical (unpaired) electrons. The highest BCUT2D eigenvalue weighted by Crippen LogP contribution is 2.31. The Kier molecular flexibility index (Phi) is 3.85. The SMILES string of the molecule is Cn1ccn2ncc(C(=O)N3CCC(C4CCNCC4)CC3)c12. The fraction of sp³-hybridized carbons (Fsp3) is 0.647. The first-order valence-corrected chi connectivity index (χ1v) is 8.72. The number of nitrogens with one attached hydrogen (secondary N) is 1. The van der Waals surface area contributed by atoms with Crippen LogP contribution in [0.1, 0.15) is 36.0 Å². The van der Waals surface area contributed by atoms with Gasteiger partial charge in [-0.15, -0.1) is 0 Å². The lowest BCUT2D eigenvalue weighted by Crippen LogP contribution is -2.42. The molecule has 2 aliphatic rings. The summed E-state index contributed by atoms with van der Waals surface area (Å²) in [4.78, 5) is 14.9. The van der Waals surface area contributed by atoms with Gasteiger partial charge in [0.1, 0.15) is 11.2 Å². The third-order valence-electron chi connectivity index (χ3n) is 5.64. The van der Waals surface area contributed by atoms with Gasteiger partial charge in [0.05, 0.1) is 6.20 Å². The number of amides is 1. The van der Waals surface area contributed by atoms with E-state index in [-0.39, 0.29) is 5.91 Å². The molecule has 0 bridgehead atoms. The van der Waals surface area contributed by atoms with Crippen LogP contribution < -0.4 is 5.32 Å². The zero-order chi connectivity index (χ0) is 15.8. The van der Waals surface area contributed by atoms with Crippen molar-refractivity contribution >= 4 is 11.6 Å². The second-order valence-corrected chi connectivity index (χ2v) is 6.95. The summed E-state index contributed by atoms with van der Waals surface area (Å²) in [7, 11) is 1.96. The van der Waals surface area contributed by atoms with Crippen LogP contribution in [-0.4, -0.2) is 51.2 Å². The summed E-state index contributed by atoms with van der Waals surface area (Å²) in [6.07, 6.45) is 10.4. The summed E-state index contributed by atoms with van der Waals surface area (Å²) >= 11 is 0. The average Bonchev–Trinajstić information content (AvgIpc) is 3.19. The molecule has 4 rings (SSSR count). The summed E-state index contributed by atoms with van der Waals surface area (Å²) in [5.41, 5.74) is 1.60. The van der Waals surface area contributed by atoms with Gasteiger partial charge in [-0.2, -0.15) is 5.10 Å². The molecule has 23 heavy (non-hydrogen) atoms. The molecule has 2 aliphatic heterocycles. The molecular formula is C17H25N5O. The van der Waals surface area contributed by atoms with Crippen LogP contribution in [0.5, 0.6) is 0 Å². The van der Waals surface area contributed by atoms with E-state index in [0.717, 1.165) is 62.1 Å². The van der Waals surface area contributed by atoms with Gasteiger partial charge in [-0.25, -0.2) is 4.52 Å². The monoisotopic (exact) mass is 315 g/mol. The highest BCUT2D eigenvalue weighted by molar-refractivity contribution is 5.99. The molecule has 6 nitrogen and oxygen atoms in total. The van der Waals surface area contributed by atoms with Crippen LogP contribution in [0.15, 0.2) is 18.6 Å². The third kappa shape index (κ3) is 2.65. The Morgan fingerprint density at radius 3 is 2.57 bits per heavy atom. The number of carbonyl (C=O) groups excluding carboxylic acids is 1. The summed E-state index contributed by atoms with van der Waals surface area (Å²) in [6.45, 7) is 4.09. The number of nitrogens with zero attached hydrogens (tertiary/aromatic N) is 4.